The Bertz CT molecular complexity index is 387. The number of carboxylic acids is 1. The predicted octanol–water partition coefficient (Wildman–Crippen LogP) is 3.27. The third-order valence-electron chi connectivity index (χ3n) is 2.83. The lowest BCUT2D eigenvalue weighted by molar-refractivity contribution is -0.154. The molecular weight excluding hydrogens is 216 g/mol. The molecule has 0 radical (unpaired) electrons. The van der Waals surface area contributed by atoms with Gasteiger partial charge < -0.3 is 9.84 Å². The summed E-state index contributed by atoms with van der Waals surface area (Å²) in [5, 5.41) is 9.23. The highest BCUT2D eigenvalue weighted by molar-refractivity contribution is 5.77. The first kappa shape index (κ1) is 13.6. The molecule has 17 heavy (non-hydrogen) atoms. The van der Waals surface area contributed by atoms with E-state index in [-0.39, 0.29) is 0 Å². The minimum absolute atomic E-state index is 0.499. The summed E-state index contributed by atoms with van der Waals surface area (Å²) in [6.07, 6.45) is 2.18. The van der Waals surface area contributed by atoms with Crippen LogP contribution < -0.4 is 4.74 Å². The van der Waals surface area contributed by atoms with Gasteiger partial charge in [0.05, 0.1) is 0 Å². The third kappa shape index (κ3) is 3.48. The van der Waals surface area contributed by atoms with Gasteiger partial charge in [-0.2, -0.15) is 0 Å². The highest BCUT2D eigenvalue weighted by Gasteiger charge is 2.34. The standard InChI is InChI=1S/C14H20O3/c1-4-9-14(3,13(15)16)17-12-8-6-7-11(5-2)10-12/h6-8,10H,4-5,9H2,1-3H3,(H,15,16). The molecule has 1 N–H and O–H groups in total. The van der Waals surface area contributed by atoms with E-state index in [2.05, 4.69) is 6.92 Å². The largest absolute Gasteiger partial charge is 0.478 e. The van der Waals surface area contributed by atoms with Crippen LogP contribution in [0.4, 0.5) is 0 Å². The van der Waals surface area contributed by atoms with E-state index in [1.165, 1.54) is 0 Å². The number of rotatable bonds is 6. The topological polar surface area (TPSA) is 46.5 Å². The molecule has 0 aliphatic heterocycles. The van der Waals surface area contributed by atoms with Gasteiger partial charge in [0.1, 0.15) is 5.75 Å². The first-order chi connectivity index (χ1) is 8.01. The molecule has 1 unspecified atom stereocenters. The third-order valence-corrected chi connectivity index (χ3v) is 2.83. The summed E-state index contributed by atoms with van der Waals surface area (Å²) in [6, 6.07) is 7.60. The predicted molar refractivity (Wildman–Crippen MR) is 67.4 cm³/mol. The summed E-state index contributed by atoms with van der Waals surface area (Å²) in [5.41, 5.74) is 0.00734. The fourth-order valence-corrected chi connectivity index (χ4v) is 1.77. The van der Waals surface area contributed by atoms with Crippen molar-refractivity contribution in [3.8, 4) is 5.75 Å². The lowest BCUT2D eigenvalue weighted by atomic mass is 10.0. The van der Waals surface area contributed by atoms with Crippen LogP contribution in [-0.2, 0) is 11.2 Å². The van der Waals surface area contributed by atoms with Crippen molar-refractivity contribution in [3.63, 3.8) is 0 Å². The van der Waals surface area contributed by atoms with Crippen molar-refractivity contribution in [2.45, 2.75) is 45.6 Å². The summed E-state index contributed by atoms with van der Waals surface area (Å²) >= 11 is 0. The second kappa shape index (κ2) is 5.71. The number of carbonyl (C=O) groups is 1. The van der Waals surface area contributed by atoms with E-state index in [1.54, 1.807) is 13.0 Å². The molecule has 0 aromatic heterocycles. The smallest absolute Gasteiger partial charge is 0.347 e. The van der Waals surface area contributed by atoms with E-state index in [0.29, 0.717) is 12.2 Å². The molecule has 0 spiro atoms. The molecule has 1 aromatic carbocycles. The molecule has 0 aliphatic carbocycles. The quantitative estimate of drug-likeness (QED) is 0.824. The van der Waals surface area contributed by atoms with Crippen LogP contribution in [0.25, 0.3) is 0 Å². The maximum Gasteiger partial charge on any atom is 0.347 e. The van der Waals surface area contributed by atoms with Crippen molar-refractivity contribution >= 4 is 5.97 Å². The van der Waals surface area contributed by atoms with Crippen LogP contribution in [0.5, 0.6) is 5.75 Å². The SMILES string of the molecule is CCCC(C)(Oc1cccc(CC)c1)C(=O)O. The van der Waals surface area contributed by atoms with Crippen molar-refractivity contribution < 1.29 is 14.6 Å². The Hall–Kier alpha value is -1.51. The van der Waals surface area contributed by atoms with Crippen LogP contribution in [-0.4, -0.2) is 16.7 Å². The molecule has 94 valence electrons. The summed E-state index contributed by atoms with van der Waals surface area (Å²) < 4.78 is 5.65. The van der Waals surface area contributed by atoms with Crippen molar-refractivity contribution in [2.24, 2.45) is 0 Å². The van der Waals surface area contributed by atoms with Gasteiger partial charge in [-0.1, -0.05) is 32.4 Å². The number of aryl methyl sites for hydroxylation is 1. The fourth-order valence-electron chi connectivity index (χ4n) is 1.77. The molecule has 1 rings (SSSR count). The molecule has 0 aliphatic rings. The Morgan fingerprint density at radius 3 is 2.65 bits per heavy atom. The molecule has 0 saturated carbocycles. The zero-order valence-corrected chi connectivity index (χ0v) is 10.7. The normalized spacial score (nSPS) is 14.1. The Morgan fingerprint density at radius 1 is 1.41 bits per heavy atom. The number of hydrogen-bond donors (Lipinski definition) is 1. The first-order valence-electron chi connectivity index (χ1n) is 6.03. The van der Waals surface area contributed by atoms with Crippen LogP contribution in [0.2, 0.25) is 0 Å². The van der Waals surface area contributed by atoms with E-state index < -0.39 is 11.6 Å². The molecule has 3 heteroatoms. The monoisotopic (exact) mass is 236 g/mol. The van der Waals surface area contributed by atoms with Crippen LogP contribution in [0.3, 0.4) is 0 Å². The van der Waals surface area contributed by atoms with Crippen LogP contribution in [0, 0.1) is 0 Å². The summed E-state index contributed by atoms with van der Waals surface area (Å²) in [7, 11) is 0. The van der Waals surface area contributed by atoms with E-state index in [0.717, 1.165) is 18.4 Å². The highest BCUT2D eigenvalue weighted by Crippen LogP contribution is 2.24. The molecule has 1 aromatic rings. The zero-order chi connectivity index (χ0) is 12.9. The average molecular weight is 236 g/mol. The molecule has 0 amide bonds. The fraction of sp³-hybridized carbons (Fsp3) is 0.500. The van der Waals surface area contributed by atoms with Gasteiger partial charge >= 0.3 is 5.97 Å². The Labute approximate surface area is 102 Å². The van der Waals surface area contributed by atoms with Gasteiger partial charge in [0, 0.05) is 0 Å². The molecule has 0 fully saturated rings. The second-order valence-corrected chi connectivity index (χ2v) is 4.39. The number of benzene rings is 1. The van der Waals surface area contributed by atoms with Gasteiger partial charge in [-0.25, -0.2) is 4.79 Å². The Morgan fingerprint density at radius 2 is 2.12 bits per heavy atom. The van der Waals surface area contributed by atoms with Gasteiger partial charge in [0.2, 0.25) is 5.60 Å². The molecule has 0 saturated heterocycles. The summed E-state index contributed by atoms with van der Waals surface area (Å²) in [5.74, 6) is -0.288. The van der Waals surface area contributed by atoms with E-state index in [1.807, 2.05) is 25.1 Å². The minimum Gasteiger partial charge on any atom is -0.478 e. The van der Waals surface area contributed by atoms with Crippen LogP contribution >= 0.6 is 0 Å². The molecule has 0 heterocycles. The van der Waals surface area contributed by atoms with E-state index in [9.17, 15) is 9.90 Å². The van der Waals surface area contributed by atoms with Crippen LogP contribution in [0.15, 0.2) is 24.3 Å². The van der Waals surface area contributed by atoms with Gasteiger partial charge in [0.15, 0.2) is 0 Å². The summed E-state index contributed by atoms with van der Waals surface area (Å²) in [6.45, 7) is 5.63. The maximum absolute atomic E-state index is 11.2. The van der Waals surface area contributed by atoms with Crippen molar-refractivity contribution in [1.29, 1.82) is 0 Å². The van der Waals surface area contributed by atoms with E-state index >= 15 is 0 Å². The van der Waals surface area contributed by atoms with Crippen molar-refractivity contribution in [1.82, 2.24) is 0 Å². The van der Waals surface area contributed by atoms with Gasteiger partial charge in [-0.05, 0) is 37.5 Å². The second-order valence-electron chi connectivity index (χ2n) is 4.39. The molecule has 3 nitrogen and oxygen atoms in total. The minimum atomic E-state index is -1.14. The molecule has 1 atom stereocenters. The number of aliphatic carboxylic acids is 1. The van der Waals surface area contributed by atoms with Crippen LogP contribution in [0.1, 0.15) is 39.2 Å². The number of hydrogen-bond acceptors (Lipinski definition) is 2. The lowest BCUT2D eigenvalue weighted by Crippen LogP contribution is -2.41. The van der Waals surface area contributed by atoms with Gasteiger partial charge in [-0.3, -0.25) is 0 Å². The van der Waals surface area contributed by atoms with Crippen molar-refractivity contribution in [3.05, 3.63) is 29.8 Å². The zero-order valence-electron chi connectivity index (χ0n) is 10.7. The highest BCUT2D eigenvalue weighted by atomic mass is 16.5. The number of carboxylic acid groups (broad SMARTS) is 1. The Kier molecular flexibility index (Phi) is 4.55. The van der Waals surface area contributed by atoms with E-state index in [4.69, 9.17) is 4.74 Å². The summed E-state index contributed by atoms with van der Waals surface area (Å²) in [4.78, 5) is 11.2. The molecule has 0 bridgehead atoms. The maximum atomic E-state index is 11.2. The first-order valence-corrected chi connectivity index (χ1v) is 6.03. The molecular formula is C14H20O3. The average Bonchev–Trinajstić information content (AvgIpc) is 2.29. The van der Waals surface area contributed by atoms with Crippen molar-refractivity contribution in [2.75, 3.05) is 0 Å². The number of ether oxygens (including phenoxy) is 1. The van der Waals surface area contributed by atoms with Gasteiger partial charge in [0.25, 0.3) is 0 Å². The van der Waals surface area contributed by atoms with Gasteiger partial charge in [-0.15, -0.1) is 0 Å². The Balaban J connectivity index is 2.89. The lowest BCUT2D eigenvalue weighted by Gasteiger charge is -2.26.